The van der Waals surface area contributed by atoms with Crippen LogP contribution in [0.1, 0.15) is 10.4 Å². The number of anilines is 1. The first-order valence-electron chi connectivity index (χ1n) is 8.77. The Kier molecular flexibility index (Phi) is 6.94. The molecule has 2 aromatic rings. The summed E-state index contributed by atoms with van der Waals surface area (Å²) >= 11 is 7.47. The van der Waals surface area contributed by atoms with Gasteiger partial charge in [0.05, 0.1) is 41.5 Å². The Hall–Kier alpha value is -1.94. The van der Waals surface area contributed by atoms with Crippen molar-refractivity contribution in [2.45, 2.75) is 9.79 Å². The summed E-state index contributed by atoms with van der Waals surface area (Å²) in [5.41, 5.74) is 0.654. The van der Waals surface area contributed by atoms with Gasteiger partial charge in [-0.25, -0.2) is 8.42 Å². The van der Waals surface area contributed by atoms with Crippen LogP contribution in [0.3, 0.4) is 0 Å². The number of amides is 1. The lowest BCUT2D eigenvalue weighted by atomic mass is 10.2. The van der Waals surface area contributed by atoms with E-state index in [1.165, 1.54) is 37.1 Å². The second-order valence-electron chi connectivity index (χ2n) is 6.22. The van der Waals surface area contributed by atoms with Crippen LogP contribution < -0.4 is 9.46 Å². The van der Waals surface area contributed by atoms with Crippen molar-refractivity contribution in [1.82, 2.24) is 4.90 Å². The van der Waals surface area contributed by atoms with Gasteiger partial charge >= 0.3 is 0 Å². The minimum Gasteiger partial charge on any atom is -0.495 e. The van der Waals surface area contributed by atoms with E-state index < -0.39 is 10.0 Å². The quantitative estimate of drug-likeness (QED) is 0.671. The molecule has 1 amide bonds. The van der Waals surface area contributed by atoms with Crippen LogP contribution in [0.25, 0.3) is 0 Å². The molecule has 1 aliphatic heterocycles. The van der Waals surface area contributed by atoms with Crippen molar-refractivity contribution in [2.75, 3.05) is 44.4 Å². The first-order chi connectivity index (χ1) is 13.9. The molecule has 0 unspecified atom stereocenters. The summed E-state index contributed by atoms with van der Waals surface area (Å²) in [4.78, 5) is 15.3. The van der Waals surface area contributed by atoms with Gasteiger partial charge in [-0.3, -0.25) is 9.52 Å². The molecule has 0 aromatic heterocycles. The molecule has 0 aliphatic carbocycles. The van der Waals surface area contributed by atoms with Crippen LogP contribution in [0.2, 0.25) is 5.02 Å². The van der Waals surface area contributed by atoms with Gasteiger partial charge in [0, 0.05) is 18.0 Å². The predicted octanol–water partition coefficient (Wildman–Crippen LogP) is 3.34. The number of benzene rings is 2. The van der Waals surface area contributed by atoms with Gasteiger partial charge in [0.25, 0.3) is 15.9 Å². The summed E-state index contributed by atoms with van der Waals surface area (Å²) in [6.07, 6.45) is 1.84. The van der Waals surface area contributed by atoms with Gasteiger partial charge in [-0.05, 0) is 42.7 Å². The number of ether oxygens (including phenoxy) is 2. The molecular weight excluding hydrogens is 436 g/mol. The number of carbonyl (C=O) groups is 1. The smallest absolute Gasteiger partial charge is 0.261 e. The van der Waals surface area contributed by atoms with E-state index in [1.54, 1.807) is 23.1 Å². The highest BCUT2D eigenvalue weighted by Crippen LogP contribution is 2.30. The number of halogens is 1. The molecule has 2 aromatic carbocycles. The topological polar surface area (TPSA) is 84.9 Å². The molecular formula is C19H21ClN2O5S2. The van der Waals surface area contributed by atoms with E-state index in [0.717, 1.165) is 0 Å². The summed E-state index contributed by atoms with van der Waals surface area (Å²) in [6, 6.07) is 9.14. The van der Waals surface area contributed by atoms with E-state index in [2.05, 4.69) is 4.72 Å². The third-order valence-electron chi connectivity index (χ3n) is 4.41. The number of hydrogen-bond donors (Lipinski definition) is 1. The molecule has 1 N–H and O–H groups in total. The van der Waals surface area contributed by atoms with Crippen LogP contribution in [0, 0.1) is 0 Å². The van der Waals surface area contributed by atoms with Crippen molar-refractivity contribution in [2.24, 2.45) is 0 Å². The molecule has 1 saturated heterocycles. The lowest BCUT2D eigenvalue weighted by molar-refractivity contribution is 0.0300. The number of hydrogen-bond acceptors (Lipinski definition) is 6. The average molecular weight is 457 g/mol. The Balaban J connectivity index is 1.91. The van der Waals surface area contributed by atoms with Gasteiger partial charge in [-0.15, -0.1) is 11.8 Å². The summed E-state index contributed by atoms with van der Waals surface area (Å²) < 4.78 is 38.6. The highest BCUT2D eigenvalue weighted by Gasteiger charge is 2.24. The van der Waals surface area contributed by atoms with Crippen molar-refractivity contribution in [3.8, 4) is 5.75 Å². The number of nitrogens with one attached hydrogen (secondary N) is 1. The zero-order valence-electron chi connectivity index (χ0n) is 16.0. The molecule has 29 heavy (non-hydrogen) atoms. The average Bonchev–Trinajstić information content (AvgIpc) is 2.73. The summed E-state index contributed by atoms with van der Waals surface area (Å²) in [6.45, 7) is 1.90. The molecule has 10 heteroatoms. The fourth-order valence-corrected chi connectivity index (χ4v) is 4.81. The van der Waals surface area contributed by atoms with E-state index in [0.29, 0.717) is 48.2 Å². The molecule has 3 rings (SSSR count). The van der Waals surface area contributed by atoms with Crippen LogP contribution in [-0.4, -0.2) is 58.9 Å². The normalized spacial score (nSPS) is 14.5. The largest absolute Gasteiger partial charge is 0.495 e. The highest BCUT2D eigenvalue weighted by molar-refractivity contribution is 7.98. The van der Waals surface area contributed by atoms with E-state index in [-0.39, 0.29) is 15.8 Å². The van der Waals surface area contributed by atoms with Crippen molar-refractivity contribution in [3.63, 3.8) is 0 Å². The third kappa shape index (κ3) is 4.98. The Labute approximate surface area is 179 Å². The summed E-state index contributed by atoms with van der Waals surface area (Å²) in [5, 5.41) is 0.286. The van der Waals surface area contributed by atoms with Crippen molar-refractivity contribution >= 4 is 45.0 Å². The molecule has 1 aliphatic rings. The van der Waals surface area contributed by atoms with E-state index in [4.69, 9.17) is 21.1 Å². The van der Waals surface area contributed by atoms with Crippen LogP contribution >= 0.6 is 23.4 Å². The molecule has 1 heterocycles. The molecule has 0 atom stereocenters. The number of sulfonamides is 1. The lowest BCUT2D eigenvalue weighted by Gasteiger charge is -2.27. The van der Waals surface area contributed by atoms with Crippen LogP contribution in [0.15, 0.2) is 46.2 Å². The van der Waals surface area contributed by atoms with Gasteiger partial charge in [0.15, 0.2) is 0 Å². The highest BCUT2D eigenvalue weighted by atomic mass is 35.5. The number of rotatable bonds is 6. The van der Waals surface area contributed by atoms with Gasteiger partial charge < -0.3 is 14.4 Å². The van der Waals surface area contributed by atoms with E-state index >= 15 is 0 Å². The second kappa shape index (κ2) is 9.25. The summed E-state index contributed by atoms with van der Waals surface area (Å²) in [7, 11) is -2.44. The molecule has 156 valence electrons. The second-order valence-corrected chi connectivity index (χ2v) is 9.16. The molecule has 7 nitrogen and oxygen atoms in total. The van der Waals surface area contributed by atoms with Crippen LogP contribution in [0.5, 0.6) is 5.75 Å². The van der Waals surface area contributed by atoms with E-state index in [9.17, 15) is 13.2 Å². The fourth-order valence-electron chi connectivity index (χ4n) is 2.90. The maximum atomic E-state index is 12.9. The molecule has 1 fully saturated rings. The standard InChI is InChI=1S/C19H21ClN2O5S2/c1-26-17-5-3-13(11-16(17)20)21-29(24,25)14-4-6-18(28-2)15(12-14)19(23)22-7-9-27-10-8-22/h3-6,11-12,21H,7-10H2,1-2H3. The molecule has 0 spiro atoms. The van der Waals surface area contributed by atoms with Crippen molar-refractivity contribution in [1.29, 1.82) is 0 Å². The van der Waals surface area contributed by atoms with Crippen LogP contribution in [0.4, 0.5) is 5.69 Å². The maximum Gasteiger partial charge on any atom is 0.261 e. The number of carbonyl (C=O) groups excluding carboxylic acids is 1. The Morgan fingerprint density at radius 1 is 1.21 bits per heavy atom. The van der Waals surface area contributed by atoms with Gasteiger partial charge in [0.1, 0.15) is 5.75 Å². The minimum atomic E-state index is -3.92. The number of methoxy groups -OCH3 is 1. The Morgan fingerprint density at radius 2 is 1.93 bits per heavy atom. The fraction of sp³-hybridized carbons (Fsp3) is 0.316. The SMILES string of the molecule is COc1ccc(NS(=O)(=O)c2ccc(SC)c(C(=O)N3CCOCC3)c2)cc1Cl. The Morgan fingerprint density at radius 3 is 2.55 bits per heavy atom. The predicted molar refractivity (Wildman–Crippen MR) is 114 cm³/mol. The zero-order chi connectivity index (χ0) is 21.0. The number of nitrogens with zero attached hydrogens (tertiary/aromatic N) is 1. The first-order valence-corrected chi connectivity index (χ1v) is 11.9. The van der Waals surface area contributed by atoms with Gasteiger partial charge in [-0.1, -0.05) is 11.6 Å². The van der Waals surface area contributed by atoms with Gasteiger partial charge in [0.2, 0.25) is 0 Å². The summed E-state index contributed by atoms with van der Waals surface area (Å²) in [5.74, 6) is 0.236. The molecule has 0 saturated carbocycles. The van der Waals surface area contributed by atoms with Crippen LogP contribution in [-0.2, 0) is 14.8 Å². The number of thioether (sulfide) groups is 1. The van der Waals surface area contributed by atoms with Crippen molar-refractivity contribution < 1.29 is 22.7 Å². The minimum absolute atomic E-state index is 0.00106. The molecule has 0 bridgehead atoms. The van der Waals surface area contributed by atoms with Gasteiger partial charge in [-0.2, -0.15) is 0 Å². The first kappa shape index (κ1) is 21.8. The Bertz CT molecular complexity index is 1010. The zero-order valence-corrected chi connectivity index (χ0v) is 18.4. The monoisotopic (exact) mass is 456 g/mol. The van der Waals surface area contributed by atoms with Crippen molar-refractivity contribution in [3.05, 3.63) is 47.0 Å². The van der Waals surface area contributed by atoms with E-state index in [1.807, 2.05) is 6.26 Å². The third-order valence-corrected chi connectivity index (χ3v) is 6.88. The molecule has 0 radical (unpaired) electrons. The maximum absolute atomic E-state index is 12.9. The lowest BCUT2D eigenvalue weighted by Crippen LogP contribution is -2.40. The number of morpholine rings is 1.